The minimum absolute atomic E-state index is 0.934. The van der Waals surface area contributed by atoms with Crippen LogP contribution in [0.4, 0.5) is 11.4 Å². The quantitative estimate of drug-likeness (QED) is 0.325. The Morgan fingerprint density at radius 2 is 0.828 bits per heavy atom. The molecule has 0 heterocycles. The highest BCUT2D eigenvalue weighted by molar-refractivity contribution is 5.69. The molecule has 0 aliphatic heterocycles. The molecule has 0 saturated carbocycles. The van der Waals surface area contributed by atoms with Crippen LogP contribution in [0.15, 0.2) is 109 Å². The molecular weight excluding hydrogens is 352 g/mol. The second kappa shape index (κ2) is 9.61. The van der Waals surface area contributed by atoms with Gasteiger partial charge in [-0.05, 0) is 52.9 Å². The Balaban J connectivity index is 1.27. The SMILES string of the molecule is c1ccc(-c2cccc(NCCCNc3cccc(-c4ccccc4)c3)c2)cc1. The molecule has 0 radical (unpaired) electrons. The summed E-state index contributed by atoms with van der Waals surface area (Å²) in [7, 11) is 0. The molecule has 0 amide bonds. The van der Waals surface area contributed by atoms with Crippen LogP contribution in [0.3, 0.4) is 0 Å². The minimum Gasteiger partial charge on any atom is -0.385 e. The largest absolute Gasteiger partial charge is 0.385 e. The third-order valence-electron chi connectivity index (χ3n) is 4.95. The highest BCUT2D eigenvalue weighted by Crippen LogP contribution is 2.23. The number of hydrogen-bond donors (Lipinski definition) is 2. The van der Waals surface area contributed by atoms with Gasteiger partial charge in [-0.1, -0.05) is 84.9 Å². The Morgan fingerprint density at radius 3 is 1.28 bits per heavy atom. The predicted molar refractivity (Wildman–Crippen MR) is 125 cm³/mol. The first-order valence-corrected chi connectivity index (χ1v) is 10.2. The molecule has 0 aliphatic carbocycles. The standard InChI is InChI=1S/C27H26N2/c1-3-10-22(11-4-1)24-14-7-16-26(20-24)28-18-9-19-29-27-17-8-15-25(21-27)23-12-5-2-6-13-23/h1-8,10-17,20-21,28-29H,9,18-19H2. The summed E-state index contributed by atoms with van der Waals surface area (Å²) in [6.07, 6.45) is 1.05. The zero-order chi connectivity index (χ0) is 19.7. The van der Waals surface area contributed by atoms with E-state index in [1.807, 2.05) is 12.1 Å². The molecule has 0 bridgehead atoms. The number of nitrogens with one attached hydrogen (secondary N) is 2. The fraction of sp³-hybridized carbons (Fsp3) is 0.111. The predicted octanol–water partition coefficient (Wildman–Crippen LogP) is 6.93. The maximum Gasteiger partial charge on any atom is 0.0346 e. The summed E-state index contributed by atoms with van der Waals surface area (Å²) in [6.45, 7) is 1.87. The molecule has 2 heteroatoms. The molecule has 0 spiro atoms. The van der Waals surface area contributed by atoms with Gasteiger partial charge < -0.3 is 10.6 Å². The van der Waals surface area contributed by atoms with Crippen LogP contribution >= 0.6 is 0 Å². The second-order valence-corrected chi connectivity index (χ2v) is 7.10. The summed E-state index contributed by atoms with van der Waals surface area (Å²) >= 11 is 0. The first-order chi connectivity index (χ1) is 14.4. The van der Waals surface area contributed by atoms with E-state index in [0.717, 1.165) is 30.9 Å². The van der Waals surface area contributed by atoms with Crippen molar-refractivity contribution in [2.45, 2.75) is 6.42 Å². The van der Waals surface area contributed by atoms with Crippen LogP contribution in [0.25, 0.3) is 22.3 Å². The topological polar surface area (TPSA) is 24.1 Å². The van der Waals surface area contributed by atoms with Crippen molar-refractivity contribution in [3.05, 3.63) is 109 Å². The summed E-state index contributed by atoms with van der Waals surface area (Å²) < 4.78 is 0. The fourth-order valence-electron chi connectivity index (χ4n) is 3.43. The fourth-order valence-corrected chi connectivity index (χ4v) is 3.43. The van der Waals surface area contributed by atoms with Gasteiger partial charge in [0.25, 0.3) is 0 Å². The molecule has 0 fully saturated rings. The normalized spacial score (nSPS) is 10.5. The first-order valence-electron chi connectivity index (χ1n) is 10.2. The summed E-state index contributed by atoms with van der Waals surface area (Å²) in [4.78, 5) is 0. The Labute approximate surface area is 173 Å². The van der Waals surface area contributed by atoms with Crippen LogP contribution in [0.2, 0.25) is 0 Å². The Bertz CT molecular complexity index is 941. The van der Waals surface area contributed by atoms with Crippen molar-refractivity contribution in [1.82, 2.24) is 0 Å². The number of rotatable bonds is 8. The Kier molecular flexibility index (Phi) is 6.24. The van der Waals surface area contributed by atoms with E-state index in [-0.39, 0.29) is 0 Å². The molecule has 0 atom stereocenters. The van der Waals surface area contributed by atoms with Gasteiger partial charge >= 0.3 is 0 Å². The van der Waals surface area contributed by atoms with Crippen LogP contribution in [0, 0.1) is 0 Å². The van der Waals surface area contributed by atoms with Crippen molar-refractivity contribution in [3.63, 3.8) is 0 Å². The van der Waals surface area contributed by atoms with Crippen molar-refractivity contribution in [2.24, 2.45) is 0 Å². The van der Waals surface area contributed by atoms with Crippen LogP contribution in [-0.4, -0.2) is 13.1 Å². The van der Waals surface area contributed by atoms with Gasteiger partial charge in [-0.25, -0.2) is 0 Å². The van der Waals surface area contributed by atoms with E-state index in [1.54, 1.807) is 0 Å². The van der Waals surface area contributed by atoms with Crippen molar-refractivity contribution in [3.8, 4) is 22.3 Å². The maximum atomic E-state index is 3.54. The van der Waals surface area contributed by atoms with Crippen molar-refractivity contribution >= 4 is 11.4 Å². The molecule has 144 valence electrons. The highest BCUT2D eigenvalue weighted by Gasteiger charge is 2.00. The summed E-state index contributed by atoms with van der Waals surface area (Å²) in [5.74, 6) is 0. The lowest BCUT2D eigenvalue weighted by molar-refractivity contribution is 0.909. The smallest absolute Gasteiger partial charge is 0.0346 e. The highest BCUT2D eigenvalue weighted by atomic mass is 14.9. The van der Waals surface area contributed by atoms with Crippen LogP contribution in [-0.2, 0) is 0 Å². The van der Waals surface area contributed by atoms with E-state index < -0.39 is 0 Å². The van der Waals surface area contributed by atoms with Gasteiger partial charge in [0.05, 0.1) is 0 Å². The summed E-state index contributed by atoms with van der Waals surface area (Å²) in [6, 6.07) is 38.2. The molecule has 4 aromatic carbocycles. The molecular formula is C27H26N2. The zero-order valence-corrected chi connectivity index (χ0v) is 16.5. The van der Waals surface area contributed by atoms with Gasteiger partial charge in [-0.3, -0.25) is 0 Å². The monoisotopic (exact) mass is 378 g/mol. The second-order valence-electron chi connectivity index (χ2n) is 7.10. The summed E-state index contributed by atoms with van der Waals surface area (Å²) in [5.41, 5.74) is 7.31. The lowest BCUT2D eigenvalue weighted by Crippen LogP contribution is -2.09. The molecule has 0 aliphatic rings. The average Bonchev–Trinajstić information content (AvgIpc) is 2.80. The maximum absolute atomic E-state index is 3.54. The van der Waals surface area contributed by atoms with Crippen LogP contribution < -0.4 is 10.6 Å². The Morgan fingerprint density at radius 1 is 0.414 bits per heavy atom. The van der Waals surface area contributed by atoms with Crippen LogP contribution in [0.5, 0.6) is 0 Å². The molecule has 29 heavy (non-hydrogen) atoms. The van der Waals surface area contributed by atoms with Crippen LogP contribution in [0.1, 0.15) is 6.42 Å². The van der Waals surface area contributed by atoms with Crippen molar-refractivity contribution in [2.75, 3.05) is 23.7 Å². The van der Waals surface area contributed by atoms with E-state index in [4.69, 9.17) is 0 Å². The number of anilines is 2. The molecule has 2 nitrogen and oxygen atoms in total. The van der Waals surface area contributed by atoms with E-state index in [2.05, 4.69) is 108 Å². The molecule has 0 unspecified atom stereocenters. The molecule has 0 saturated heterocycles. The van der Waals surface area contributed by atoms with E-state index >= 15 is 0 Å². The summed E-state index contributed by atoms with van der Waals surface area (Å²) in [5, 5.41) is 7.08. The zero-order valence-electron chi connectivity index (χ0n) is 16.5. The Hall–Kier alpha value is -3.52. The van der Waals surface area contributed by atoms with Gasteiger partial charge in [0, 0.05) is 24.5 Å². The van der Waals surface area contributed by atoms with Gasteiger partial charge in [-0.15, -0.1) is 0 Å². The van der Waals surface area contributed by atoms with Gasteiger partial charge in [0.2, 0.25) is 0 Å². The lowest BCUT2D eigenvalue weighted by Gasteiger charge is -2.11. The minimum atomic E-state index is 0.934. The van der Waals surface area contributed by atoms with Gasteiger partial charge in [0.15, 0.2) is 0 Å². The third kappa shape index (κ3) is 5.26. The average molecular weight is 379 g/mol. The van der Waals surface area contributed by atoms with E-state index in [1.165, 1.54) is 22.3 Å². The van der Waals surface area contributed by atoms with Crippen molar-refractivity contribution in [1.29, 1.82) is 0 Å². The number of benzene rings is 4. The van der Waals surface area contributed by atoms with Crippen molar-refractivity contribution < 1.29 is 0 Å². The molecule has 2 N–H and O–H groups in total. The van der Waals surface area contributed by atoms with Gasteiger partial charge in [-0.2, -0.15) is 0 Å². The lowest BCUT2D eigenvalue weighted by atomic mass is 10.1. The number of hydrogen-bond acceptors (Lipinski definition) is 2. The van der Waals surface area contributed by atoms with Gasteiger partial charge in [0.1, 0.15) is 0 Å². The molecule has 4 rings (SSSR count). The first kappa shape index (κ1) is 18.8. The third-order valence-corrected chi connectivity index (χ3v) is 4.95. The van der Waals surface area contributed by atoms with E-state index in [9.17, 15) is 0 Å². The molecule has 0 aromatic heterocycles. The molecule has 4 aromatic rings. The van der Waals surface area contributed by atoms with E-state index in [0.29, 0.717) is 0 Å².